The highest BCUT2D eigenvalue weighted by molar-refractivity contribution is 7.21. The van der Waals surface area contributed by atoms with E-state index in [2.05, 4.69) is 9.97 Å². The molecule has 0 aliphatic carbocycles. The SMILES string of the molecule is NC(=O)COc1ncnc2sc(-c3ccccc3)cc12. The monoisotopic (exact) mass is 285 g/mol. The largest absolute Gasteiger partial charge is 0.467 e. The van der Waals surface area contributed by atoms with Gasteiger partial charge in [0.05, 0.1) is 5.39 Å². The van der Waals surface area contributed by atoms with Crippen LogP contribution in [0.4, 0.5) is 0 Å². The first-order valence-corrected chi connectivity index (χ1v) is 6.77. The van der Waals surface area contributed by atoms with Crippen molar-refractivity contribution in [3.05, 3.63) is 42.7 Å². The molecule has 2 heterocycles. The second-order valence-corrected chi connectivity index (χ2v) is 5.16. The first-order chi connectivity index (χ1) is 9.74. The second-order valence-electron chi connectivity index (χ2n) is 4.13. The zero-order valence-electron chi connectivity index (χ0n) is 10.4. The molecular formula is C14H11N3O2S. The van der Waals surface area contributed by atoms with Gasteiger partial charge in [-0.1, -0.05) is 30.3 Å². The minimum absolute atomic E-state index is 0.192. The summed E-state index contributed by atoms with van der Waals surface area (Å²) in [7, 11) is 0. The van der Waals surface area contributed by atoms with E-state index in [9.17, 15) is 4.79 Å². The summed E-state index contributed by atoms with van der Waals surface area (Å²) in [5.41, 5.74) is 6.18. The summed E-state index contributed by atoms with van der Waals surface area (Å²) in [5, 5.41) is 0.789. The quantitative estimate of drug-likeness (QED) is 0.797. The van der Waals surface area contributed by atoms with E-state index in [1.165, 1.54) is 6.33 Å². The van der Waals surface area contributed by atoms with Crippen molar-refractivity contribution in [3.8, 4) is 16.3 Å². The van der Waals surface area contributed by atoms with E-state index in [4.69, 9.17) is 10.5 Å². The normalized spacial score (nSPS) is 10.6. The summed E-state index contributed by atoms with van der Waals surface area (Å²) in [5.74, 6) is -0.150. The maximum absolute atomic E-state index is 10.8. The number of carbonyl (C=O) groups excluding carboxylic acids is 1. The highest BCUT2D eigenvalue weighted by atomic mass is 32.1. The lowest BCUT2D eigenvalue weighted by Gasteiger charge is -2.02. The van der Waals surface area contributed by atoms with Gasteiger partial charge in [0.1, 0.15) is 11.2 Å². The van der Waals surface area contributed by atoms with Gasteiger partial charge in [-0.3, -0.25) is 4.79 Å². The van der Waals surface area contributed by atoms with Crippen molar-refractivity contribution < 1.29 is 9.53 Å². The van der Waals surface area contributed by atoms with Crippen molar-refractivity contribution >= 4 is 27.5 Å². The molecule has 0 radical (unpaired) electrons. The minimum Gasteiger partial charge on any atom is -0.467 e. The number of nitrogens with zero attached hydrogens (tertiary/aromatic N) is 2. The van der Waals surface area contributed by atoms with Gasteiger partial charge in [-0.2, -0.15) is 0 Å². The molecule has 20 heavy (non-hydrogen) atoms. The Morgan fingerprint density at radius 1 is 1.25 bits per heavy atom. The van der Waals surface area contributed by atoms with E-state index >= 15 is 0 Å². The van der Waals surface area contributed by atoms with Crippen LogP contribution in [-0.2, 0) is 4.79 Å². The zero-order valence-corrected chi connectivity index (χ0v) is 11.3. The number of hydrogen-bond acceptors (Lipinski definition) is 5. The Labute approximate surface area is 119 Å². The predicted molar refractivity (Wildman–Crippen MR) is 77.5 cm³/mol. The fraction of sp³-hybridized carbons (Fsp3) is 0.0714. The average molecular weight is 285 g/mol. The molecular weight excluding hydrogens is 274 g/mol. The van der Waals surface area contributed by atoms with Gasteiger partial charge in [0.2, 0.25) is 5.88 Å². The maximum atomic E-state index is 10.8. The Kier molecular flexibility index (Phi) is 3.30. The number of nitrogens with two attached hydrogens (primary N) is 1. The fourth-order valence-corrected chi connectivity index (χ4v) is 2.83. The van der Waals surface area contributed by atoms with Crippen LogP contribution in [-0.4, -0.2) is 22.5 Å². The molecule has 1 aromatic carbocycles. The van der Waals surface area contributed by atoms with Crippen LogP contribution < -0.4 is 10.5 Å². The van der Waals surface area contributed by atoms with Crippen LogP contribution in [0.1, 0.15) is 0 Å². The molecule has 5 nitrogen and oxygen atoms in total. The van der Waals surface area contributed by atoms with Crippen LogP contribution in [0.5, 0.6) is 5.88 Å². The number of carbonyl (C=O) groups is 1. The Morgan fingerprint density at radius 3 is 2.80 bits per heavy atom. The molecule has 0 aliphatic heterocycles. The molecule has 6 heteroatoms. The van der Waals surface area contributed by atoms with Gasteiger partial charge in [0.25, 0.3) is 5.91 Å². The lowest BCUT2D eigenvalue weighted by Crippen LogP contribution is -2.20. The Morgan fingerprint density at radius 2 is 2.05 bits per heavy atom. The van der Waals surface area contributed by atoms with Crippen molar-refractivity contribution in [2.24, 2.45) is 5.73 Å². The number of thiophene rings is 1. The molecule has 0 aliphatic rings. The highest BCUT2D eigenvalue weighted by Crippen LogP contribution is 2.35. The van der Waals surface area contributed by atoms with E-state index in [1.54, 1.807) is 11.3 Å². The van der Waals surface area contributed by atoms with E-state index in [1.807, 2.05) is 36.4 Å². The van der Waals surface area contributed by atoms with Crippen LogP contribution in [0.2, 0.25) is 0 Å². The van der Waals surface area contributed by atoms with E-state index in [0.717, 1.165) is 20.7 Å². The van der Waals surface area contributed by atoms with E-state index in [0.29, 0.717) is 5.88 Å². The Hall–Kier alpha value is -2.47. The lowest BCUT2D eigenvalue weighted by molar-refractivity contribution is -0.120. The van der Waals surface area contributed by atoms with Crippen LogP contribution in [0, 0.1) is 0 Å². The molecule has 0 unspecified atom stereocenters. The number of ether oxygens (including phenoxy) is 1. The molecule has 3 rings (SSSR count). The number of aromatic nitrogens is 2. The molecule has 0 saturated carbocycles. The van der Waals surface area contributed by atoms with Crippen molar-refractivity contribution in [1.29, 1.82) is 0 Å². The smallest absolute Gasteiger partial charge is 0.255 e. The van der Waals surface area contributed by atoms with Gasteiger partial charge in [0, 0.05) is 4.88 Å². The molecule has 100 valence electrons. The van der Waals surface area contributed by atoms with Crippen molar-refractivity contribution in [2.45, 2.75) is 0 Å². The van der Waals surface area contributed by atoms with E-state index in [-0.39, 0.29) is 6.61 Å². The number of rotatable bonds is 4. The topological polar surface area (TPSA) is 78.1 Å². The molecule has 0 atom stereocenters. The molecule has 0 bridgehead atoms. The fourth-order valence-electron chi connectivity index (χ4n) is 1.83. The third kappa shape index (κ3) is 2.46. The third-order valence-electron chi connectivity index (χ3n) is 2.70. The molecule has 2 N–H and O–H groups in total. The second kappa shape index (κ2) is 5.26. The minimum atomic E-state index is -0.532. The van der Waals surface area contributed by atoms with Crippen LogP contribution in [0.3, 0.4) is 0 Å². The third-order valence-corrected chi connectivity index (χ3v) is 3.79. The van der Waals surface area contributed by atoms with Gasteiger partial charge in [-0.15, -0.1) is 11.3 Å². The summed E-state index contributed by atoms with van der Waals surface area (Å²) in [4.78, 5) is 21.0. The van der Waals surface area contributed by atoms with Crippen molar-refractivity contribution in [2.75, 3.05) is 6.61 Å². The Balaban J connectivity index is 2.02. The molecule has 0 saturated heterocycles. The summed E-state index contributed by atoms with van der Waals surface area (Å²) in [6.07, 6.45) is 1.42. The van der Waals surface area contributed by atoms with Gasteiger partial charge in [0.15, 0.2) is 6.61 Å². The first kappa shape index (κ1) is 12.6. The molecule has 0 spiro atoms. The van der Waals surface area contributed by atoms with Gasteiger partial charge in [-0.05, 0) is 11.6 Å². The lowest BCUT2D eigenvalue weighted by atomic mass is 10.2. The predicted octanol–water partition coefficient (Wildman–Crippen LogP) is 2.22. The average Bonchev–Trinajstić information content (AvgIpc) is 2.90. The first-order valence-electron chi connectivity index (χ1n) is 5.95. The number of fused-ring (bicyclic) bond motifs is 1. The summed E-state index contributed by atoms with van der Waals surface area (Å²) < 4.78 is 5.31. The van der Waals surface area contributed by atoms with Gasteiger partial charge < -0.3 is 10.5 Å². The standard InChI is InChI=1S/C14H11N3O2S/c15-12(18)7-19-13-10-6-11(9-4-2-1-3-5-9)20-14(10)17-8-16-13/h1-6,8H,7H2,(H2,15,18). The Bertz CT molecular complexity index is 755. The van der Waals surface area contributed by atoms with Crippen LogP contribution >= 0.6 is 11.3 Å². The maximum Gasteiger partial charge on any atom is 0.255 e. The van der Waals surface area contributed by atoms with Crippen LogP contribution in [0.15, 0.2) is 42.7 Å². The van der Waals surface area contributed by atoms with Gasteiger partial charge in [-0.25, -0.2) is 9.97 Å². The number of hydrogen-bond donors (Lipinski definition) is 1. The number of amides is 1. The molecule has 2 aromatic heterocycles. The van der Waals surface area contributed by atoms with Crippen molar-refractivity contribution in [3.63, 3.8) is 0 Å². The number of primary amides is 1. The summed E-state index contributed by atoms with van der Waals surface area (Å²) >= 11 is 1.55. The number of benzene rings is 1. The molecule has 0 fully saturated rings. The highest BCUT2D eigenvalue weighted by Gasteiger charge is 2.11. The summed E-state index contributed by atoms with van der Waals surface area (Å²) in [6, 6.07) is 12.0. The van der Waals surface area contributed by atoms with Crippen molar-refractivity contribution in [1.82, 2.24) is 9.97 Å². The van der Waals surface area contributed by atoms with Crippen LogP contribution in [0.25, 0.3) is 20.7 Å². The molecule has 1 amide bonds. The van der Waals surface area contributed by atoms with Gasteiger partial charge >= 0.3 is 0 Å². The summed E-state index contributed by atoms with van der Waals surface area (Å²) in [6.45, 7) is -0.192. The van der Waals surface area contributed by atoms with E-state index < -0.39 is 5.91 Å². The molecule has 3 aromatic rings. The zero-order chi connectivity index (χ0) is 13.9.